The second kappa shape index (κ2) is 7.03. The summed E-state index contributed by atoms with van der Waals surface area (Å²) in [6.07, 6.45) is 4.75. The Labute approximate surface area is 142 Å². The van der Waals surface area contributed by atoms with Gasteiger partial charge in [0, 0.05) is 12.5 Å². The average Bonchev–Trinajstić information content (AvgIpc) is 3.03. The molecule has 128 valence electrons. The summed E-state index contributed by atoms with van der Waals surface area (Å²) in [5.74, 6) is -0.184. The number of primary amides is 1. The predicted octanol–water partition coefficient (Wildman–Crippen LogP) is 1.80. The number of hydrazone groups is 1. The minimum absolute atomic E-state index is 0.182. The fourth-order valence-electron chi connectivity index (χ4n) is 3.47. The van der Waals surface area contributed by atoms with Crippen LogP contribution in [0.15, 0.2) is 35.4 Å². The number of nitrogens with zero attached hydrogens (tertiary/aromatic N) is 2. The molecular formula is C18H24N4O2. The Balaban J connectivity index is 1.75. The summed E-state index contributed by atoms with van der Waals surface area (Å²) in [6.45, 7) is 2.17. The molecule has 1 aromatic rings. The van der Waals surface area contributed by atoms with Crippen molar-refractivity contribution < 1.29 is 9.59 Å². The van der Waals surface area contributed by atoms with E-state index >= 15 is 0 Å². The first-order valence-corrected chi connectivity index (χ1v) is 8.58. The molecule has 0 bridgehead atoms. The summed E-state index contributed by atoms with van der Waals surface area (Å²) in [4.78, 5) is 24.4. The molecule has 3 rings (SSSR count). The van der Waals surface area contributed by atoms with Gasteiger partial charge < -0.3 is 11.1 Å². The topological polar surface area (TPSA) is 87.8 Å². The second-order valence-electron chi connectivity index (χ2n) is 6.69. The molecule has 1 heterocycles. The molecule has 0 saturated heterocycles. The molecule has 2 amide bonds. The van der Waals surface area contributed by atoms with Crippen LogP contribution in [0.4, 0.5) is 5.69 Å². The minimum Gasteiger partial charge on any atom is -0.368 e. The van der Waals surface area contributed by atoms with Gasteiger partial charge in [0.1, 0.15) is 11.8 Å². The number of amides is 2. The number of hydrogen-bond acceptors (Lipinski definition) is 4. The molecule has 3 unspecified atom stereocenters. The van der Waals surface area contributed by atoms with E-state index in [1.54, 1.807) is 5.01 Å². The molecule has 1 fully saturated rings. The van der Waals surface area contributed by atoms with Gasteiger partial charge >= 0.3 is 0 Å². The van der Waals surface area contributed by atoms with Gasteiger partial charge in [-0.05, 0) is 30.9 Å². The molecule has 2 aliphatic rings. The van der Waals surface area contributed by atoms with E-state index in [2.05, 4.69) is 17.3 Å². The Morgan fingerprint density at radius 2 is 1.92 bits per heavy atom. The summed E-state index contributed by atoms with van der Waals surface area (Å²) in [5, 5.41) is 9.04. The lowest BCUT2D eigenvalue weighted by atomic mass is 9.86. The van der Waals surface area contributed by atoms with Gasteiger partial charge in [-0.25, -0.2) is 0 Å². The third kappa shape index (κ3) is 3.42. The standard InChI is InChI=1S/C18H24N4O2/c1-12-7-5-6-10-14(12)20-18(24)15-11-16(17(19)23)22(21-15)13-8-3-2-4-9-13/h2-4,8-9,12,14,16H,5-7,10-11H2,1H3,(H2,19,23)(H,20,24). The van der Waals surface area contributed by atoms with Crippen molar-refractivity contribution in [2.75, 3.05) is 5.01 Å². The predicted molar refractivity (Wildman–Crippen MR) is 93.5 cm³/mol. The van der Waals surface area contributed by atoms with Gasteiger partial charge in [-0.15, -0.1) is 0 Å². The molecule has 0 radical (unpaired) electrons. The molecule has 0 spiro atoms. The molecule has 0 aromatic heterocycles. The van der Waals surface area contributed by atoms with Crippen LogP contribution in [0.2, 0.25) is 0 Å². The van der Waals surface area contributed by atoms with Crippen LogP contribution in [0.5, 0.6) is 0 Å². The first-order chi connectivity index (χ1) is 11.6. The fraction of sp³-hybridized carbons (Fsp3) is 0.500. The molecule has 3 N–H and O–H groups in total. The largest absolute Gasteiger partial charge is 0.368 e. The van der Waals surface area contributed by atoms with Crippen LogP contribution in [0.3, 0.4) is 0 Å². The van der Waals surface area contributed by atoms with Gasteiger partial charge in [0.2, 0.25) is 5.91 Å². The molecule has 1 aliphatic carbocycles. The highest BCUT2D eigenvalue weighted by atomic mass is 16.2. The number of anilines is 1. The molecule has 3 atom stereocenters. The molecule has 6 heteroatoms. The Bertz CT molecular complexity index is 644. The van der Waals surface area contributed by atoms with Crippen molar-refractivity contribution in [1.82, 2.24) is 5.32 Å². The maximum atomic E-state index is 12.6. The smallest absolute Gasteiger partial charge is 0.267 e. The van der Waals surface area contributed by atoms with Gasteiger partial charge in [-0.3, -0.25) is 14.6 Å². The van der Waals surface area contributed by atoms with Crippen LogP contribution in [0, 0.1) is 5.92 Å². The minimum atomic E-state index is -0.614. The fourth-order valence-corrected chi connectivity index (χ4v) is 3.47. The van der Waals surface area contributed by atoms with E-state index in [1.807, 2.05) is 30.3 Å². The summed E-state index contributed by atoms with van der Waals surface area (Å²) in [7, 11) is 0. The van der Waals surface area contributed by atoms with Gasteiger partial charge in [0.05, 0.1) is 5.69 Å². The van der Waals surface area contributed by atoms with E-state index in [9.17, 15) is 9.59 Å². The normalized spacial score (nSPS) is 26.8. The third-order valence-electron chi connectivity index (χ3n) is 4.95. The molecule has 24 heavy (non-hydrogen) atoms. The summed E-state index contributed by atoms with van der Waals surface area (Å²) < 4.78 is 0. The monoisotopic (exact) mass is 328 g/mol. The lowest BCUT2D eigenvalue weighted by Gasteiger charge is -2.29. The van der Waals surface area contributed by atoms with Crippen LogP contribution in [0.1, 0.15) is 39.0 Å². The zero-order valence-electron chi connectivity index (χ0n) is 13.9. The van der Waals surface area contributed by atoms with Gasteiger partial charge in [-0.1, -0.05) is 38.0 Å². The maximum Gasteiger partial charge on any atom is 0.267 e. The van der Waals surface area contributed by atoms with Crippen molar-refractivity contribution in [2.45, 2.75) is 51.1 Å². The molecule has 6 nitrogen and oxygen atoms in total. The first kappa shape index (κ1) is 16.5. The first-order valence-electron chi connectivity index (χ1n) is 8.58. The third-order valence-corrected chi connectivity index (χ3v) is 4.95. The lowest BCUT2D eigenvalue weighted by Crippen LogP contribution is -2.44. The molecular weight excluding hydrogens is 304 g/mol. The van der Waals surface area contributed by atoms with Gasteiger partial charge in [-0.2, -0.15) is 5.10 Å². The molecule has 1 aliphatic heterocycles. The summed E-state index contributed by atoms with van der Waals surface area (Å²) in [5.41, 5.74) is 6.64. The van der Waals surface area contributed by atoms with Crippen molar-refractivity contribution in [3.63, 3.8) is 0 Å². The lowest BCUT2D eigenvalue weighted by molar-refractivity contribution is -0.119. The van der Waals surface area contributed by atoms with E-state index in [-0.39, 0.29) is 18.4 Å². The van der Waals surface area contributed by atoms with E-state index < -0.39 is 11.9 Å². The SMILES string of the molecule is CC1CCCCC1NC(=O)C1=NN(c2ccccc2)C(C(N)=O)C1. The van der Waals surface area contributed by atoms with Crippen LogP contribution in [-0.2, 0) is 9.59 Å². The van der Waals surface area contributed by atoms with E-state index in [0.29, 0.717) is 11.6 Å². The molecule has 1 saturated carbocycles. The van der Waals surface area contributed by atoms with Crippen LogP contribution >= 0.6 is 0 Å². The maximum absolute atomic E-state index is 12.6. The number of benzene rings is 1. The van der Waals surface area contributed by atoms with Crippen molar-refractivity contribution in [3.05, 3.63) is 30.3 Å². The summed E-state index contributed by atoms with van der Waals surface area (Å²) >= 11 is 0. The Morgan fingerprint density at radius 1 is 1.21 bits per heavy atom. The van der Waals surface area contributed by atoms with Crippen molar-refractivity contribution >= 4 is 23.2 Å². The van der Waals surface area contributed by atoms with Crippen LogP contribution < -0.4 is 16.1 Å². The highest BCUT2D eigenvalue weighted by Crippen LogP contribution is 2.26. The Kier molecular flexibility index (Phi) is 4.83. The second-order valence-corrected chi connectivity index (χ2v) is 6.69. The van der Waals surface area contributed by atoms with E-state index in [4.69, 9.17) is 5.73 Å². The highest BCUT2D eigenvalue weighted by molar-refractivity contribution is 6.40. The number of hydrogen-bond donors (Lipinski definition) is 2. The number of nitrogens with two attached hydrogens (primary N) is 1. The van der Waals surface area contributed by atoms with Crippen molar-refractivity contribution in [3.8, 4) is 0 Å². The Hall–Kier alpha value is -2.37. The van der Waals surface area contributed by atoms with Crippen molar-refractivity contribution in [2.24, 2.45) is 16.8 Å². The van der Waals surface area contributed by atoms with Crippen molar-refractivity contribution in [1.29, 1.82) is 0 Å². The average molecular weight is 328 g/mol. The summed E-state index contributed by atoms with van der Waals surface area (Å²) in [6, 6.07) is 8.90. The van der Waals surface area contributed by atoms with E-state index in [1.165, 1.54) is 6.42 Å². The van der Waals surface area contributed by atoms with Crippen LogP contribution in [-0.4, -0.2) is 29.6 Å². The Morgan fingerprint density at radius 3 is 2.58 bits per heavy atom. The quantitative estimate of drug-likeness (QED) is 0.883. The number of rotatable bonds is 4. The number of para-hydroxylation sites is 1. The zero-order valence-corrected chi connectivity index (χ0v) is 13.9. The van der Waals surface area contributed by atoms with Crippen LogP contribution in [0.25, 0.3) is 0 Å². The number of carbonyl (C=O) groups excluding carboxylic acids is 2. The highest BCUT2D eigenvalue weighted by Gasteiger charge is 2.36. The zero-order chi connectivity index (χ0) is 17.1. The van der Waals surface area contributed by atoms with E-state index in [0.717, 1.165) is 24.9 Å². The number of carbonyl (C=O) groups is 2. The van der Waals surface area contributed by atoms with Gasteiger partial charge in [0.25, 0.3) is 5.91 Å². The van der Waals surface area contributed by atoms with Gasteiger partial charge in [0.15, 0.2) is 0 Å². The number of nitrogens with one attached hydrogen (secondary N) is 1. The molecule has 1 aromatic carbocycles.